The molecule has 0 heterocycles. The number of halogens is 2. The number of aliphatic carboxylic acids is 1. The second-order valence-electron chi connectivity index (χ2n) is 4.42. The van der Waals surface area contributed by atoms with Gasteiger partial charge in [0.05, 0.1) is 13.5 Å². The average molecular weight is 244 g/mol. The Balaban J connectivity index is 3.29. The Morgan fingerprint density at radius 2 is 2.00 bits per heavy atom. The Morgan fingerprint density at radius 3 is 2.47 bits per heavy atom. The third-order valence-electron chi connectivity index (χ3n) is 2.55. The molecule has 0 aromatic heterocycles. The van der Waals surface area contributed by atoms with E-state index in [2.05, 4.69) is 0 Å². The van der Waals surface area contributed by atoms with E-state index in [9.17, 15) is 13.6 Å². The van der Waals surface area contributed by atoms with E-state index in [0.29, 0.717) is 0 Å². The van der Waals surface area contributed by atoms with Gasteiger partial charge in [0.25, 0.3) is 0 Å². The van der Waals surface area contributed by atoms with Crippen molar-refractivity contribution in [2.75, 3.05) is 7.11 Å². The Bertz CT molecular complexity index is 442. The summed E-state index contributed by atoms with van der Waals surface area (Å²) in [7, 11) is 1.23. The first-order chi connectivity index (χ1) is 7.77. The third-order valence-corrected chi connectivity index (χ3v) is 2.55. The van der Waals surface area contributed by atoms with E-state index in [1.165, 1.54) is 7.11 Å². The van der Waals surface area contributed by atoms with Crippen LogP contribution in [-0.4, -0.2) is 18.2 Å². The third kappa shape index (κ3) is 2.93. The molecule has 1 aromatic rings. The van der Waals surface area contributed by atoms with Gasteiger partial charge in [-0.15, -0.1) is 0 Å². The molecule has 0 amide bonds. The van der Waals surface area contributed by atoms with E-state index in [1.54, 1.807) is 13.8 Å². The highest BCUT2D eigenvalue weighted by Crippen LogP contribution is 2.34. The van der Waals surface area contributed by atoms with Gasteiger partial charge in [-0.25, -0.2) is 8.78 Å². The van der Waals surface area contributed by atoms with Gasteiger partial charge in [-0.1, -0.05) is 13.8 Å². The van der Waals surface area contributed by atoms with Crippen molar-refractivity contribution in [1.82, 2.24) is 0 Å². The monoisotopic (exact) mass is 244 g/mol. The van der Waals surface area contributed by atoms with Gasteiger partial charge < -0.3 is 9.84 Å². The molecular formula is C12H14F2O3. The van der Waals surface area contributed by atoms with Crippen molar-refractivity contribution in [2.45, 2.75) is 25.7 Å². The van der Waals surface area contributed by atoms with Gasteiger partial charge in [-0.3, -0.25) is 4.79 Å². The number of carboxylic acid groups (broad SMARTS) is 1. The minimum absolute atomic E-state index is 0.00301. The predicted molar refractivity (Wildman–Crippen MR) is 58.2 cm³/mol. The highest BCUT2D eigenvalue weighted by molar-refractivity contribution is 5.69. The maximum absolute atomic E-state index is 13.9. The van der Waals surface area contributed by atoms with Gasteiger partial charge in [-0.05, 0) is 6.07 Å². The van der Waals surface area contributed by atoms with Gasteiger partial charge in [0.2, 0.25) is 0 Å². The molecule has 3 nitrogen and oxygen atoms in total. The number of benzene rings is 1. The van der Waals surface area contributed by atoms with Gasteiger partial charge >= 0.3 is 5.97 Å². The molecule has 0 fully saturated rings. The van der Waals surface area contributed by atoms with E-state index < -0.39 is 23.0 Å². The van der Waals surface area contributed by atoms with Crippen LogP contribution < -0.4 is 4.74 Å². The molecule has 17 heavy (non-hydrogen) atoms. The van der Waals surface area contributed by atoms with Crippen LogP contribution in [0.1, 0.15) is 25.8 Å². The molecule has 0 aliphatic carbocycles. The molecule has 0 radical (unpaired) electrons. The number of ether oxygens (including phenoxy) is 1. The summed E-state index contributed by atoms with van der Waals surface area (Å²) in [5, 5.41) is 8.75. The van der Waals surface area contributed by atoms with Crippen molar-refractivity contribution < 1.29 is 23.4 Å². The van der Waals surface area contributed by atoms with Crippen LogP contribution in [0, 0.1) is 11.6 Å². The molecule has 1 N–H and O–H groups in total. The summed E-state index contributed by atoms with van der Waals surface area (Å²) in [5.74, 6) is -2.67. The number of rotatable bonds is 4. The van der Waals surface area contributed by atoms with Gasteiger partial charge in [0, 0.05) is 17.0 Å². The molecular weight excluding hydrogens is 230 g/mol. The van der Waals surface area contributed by atoms with E-state index in [1.807, 2.05) is 0 Å². The van der Waals surface area contributed by atoms with Crippen LogP contribution in [0.15, 0.2) is 12.1 Å². The van der Waals surface area contributed by atoms with E-state index in [0.717, 1.165) is 12.1 Å². The predicted octanol–water partition coefficient (Wildman–Crippen LogP) is 2.73. The fraction of sp³-hybridized carbons (Fsp3) is 0.417. The summed E-state index contributed by atoms with van der Waals surface area (Å²) < 4.78 is 31.9. The summed E-state index contributed by atoms with van der Waals surface area (Å²) in [6.07, 6.45) is -0.295. The smallest absolute Gasteiger partial charge is 0.304 e. The highest BCUT2D eigenvalue weighted by Gasteiger charge is 2.29. The van der Waals surface area contributed by atoms with Gasteiger partial charge in [0.15, 0.2) is 11.6 Å². The molecule has 0 atom stereocenters. The Morgan fingerprint density at radius 1 is 1.41 bits per heavy atom. The van der Waals surface area contributed by atoms with Gasteiger partial charge in [0.1, 0.15) is 5.82 Å². The molecule has 1 rings (SSSR count). The summed E-state index contributed by atoms with van der Waals surface area (Å²) in [4.78, 5) is 10.7. The Kier molecular flexibility index (Phi) is 3.70. The van der Waals surface area contributed by atoms with Crippen LogP contribution in [0.4, 0.5) is 8.78 Å². The molecule has 0 saturated carbocycles. The number of hydrogen-bond donors (Lipinski definition) is 1. The lowest BCUT2D eigenvalue weighted by Crippen LogP contribution is -2.23. The van der Waals surface area contributed by atoms with Crippen LogP contribution in [0.5, 0.6) is 5.75 Å². The SMILES string of the molecule is COc1cc(F)cc(C(C)(C)CC(=O)O)c1F. The number of hydrogen-bond acceptors (Lipinski definition) is 2. The molecule has 94 valence electrons. The fourth-order valence-corrected chi connectivity index (χ4v) is 1.68. The van der Waals surface area contributed by atoms with Crippen molar-refractivity contribution in [3.63, 3.8) is 0 Å². The van der Waals surface area contributed by atoms with Crippen LogP contribution in [0.3, 0.4) is 0 Å². The van der Waals surface area contributed by atoms with E-state index in [-0.39, 0.29) is 17.7 Å². The zero-order valence-electron chi connectivity index (χ0n) is 9.88. The second-order valence-corrected chi connectivity index (χ2v) is 4.42. The summed E-state index contributed by atoms with van der Waals surface area (Å²) >= 11 is 0. The first-order valence-corrected chi connectivity index (χ1v) is 5.03. The molecule has 0 aliphatic heterocycles. The highest BCUT2D eigenvalue weighted by atomic mass is 19.1. The molecule has 5 heteroatoms. The molecule has 0 aliphatic rings. The first-order valence-electron chi connectivity index (χ1n) is 5.03. The Hall–Kier alpha value is -1.65. The van der Waals surface area contributed by atoms with Crippen molar-refractivity contribution in [1.29, 1.82) is 0 Å². The lowest BCUT2D eigenvalue weighted by molar-refractivity contribution is -0.138. The first kappa shape index (κ1) is 13.4. The van der Waals surface area contributed by atoms with Crippen LogP contribution in [-0.2, 0) is 10.2 Å². The zero-order valence-corrected chi connectivity index (χ0v) is 9.88. The van der Waals surface area contributed by atoms with Crippen molar-refractivity contribution in [3.8, 4) is 5.75 Å². The topological polar surface area (TPSA) is 46.5 Å². The summed E-state index contributed by atoms with van der Waals surface area (Å²) in [6.45, 7) is 3.08. The van der Waals surface area contributed by atoms with E-state index in [4.69, 9.17) is 9.84 Å². The van der Waals surface area contributed by atoms with E-state index >= 15 is 0 Å². The zero-order chi connectivity index (χ0) is 13.2. The second kappa shape index (κ2) is 4.69. The molecule has 1 aromatic carbocycles. The molecule has 0 spiro atoms. The van der Waals surface area contributed by atoms with Crippen LogP contribution >= 0.6 is 0 Å². The number of carboxylic acids is 1. The summed E-state index contributed by atoms with van der Waals surface area (Å²) in [5.41, 5.74) is -1.01. The molecule has 0 unspecified atom stereocenters. The average Bonchev–Trinajstić information content (AvgIpc) is 2.18. The van der Waals surface area contributed by atoms with Crippen LogP contribution in [0.2, 0.25) is 0 Å². The number of carbonyl (C=O) groups is 1. The maximum Gasteiger partial charge on any atom is 0.304 e. The molecule has 0 bridgehead atoms. The largest absolute Gasteiger partial charge is 0.494 e. The van der Waals surface area contributed by atoms with Crippen molar-refractivity contribution >= 4 is 5.97 Å². The maximum atomic E-state index is 13.9. The minimum atomic E-state index is -1.07. The Labute approximate surface area is 98.0 Å². The van der Waals surface area contributed by atoms with Gasteiger partial charge in [-0.2, -0.15) is 0 Å². The summed E-state index contributed by atoms with van der Waals surface area (Å²) in [6, 6.07) is 1.93. The van der Waals surface area contributed by atoms with Crippen LogP contribution in [0.25, 0.3) is 0 Å². The quantitative estimate of drug-likeness (QED) is 0.885. The standard InChI is InChI=1S/C12H14F2O3/c1-12(2,6-10(15)16)8-4-7(13)5-9(17-3)11(8)14/h4-5H,6H2,1-3H3,(H,15,16). The number of methoxy groups -OCH3 is 1. The fourth-order valence-electron chi connectivity index (χ4n) is 1.68. The van der Waals surface area contributed by atoms with Crippen molar-refractivity contribution in [2.24, 2.45) is 0 Å². The van der Waals surface area contributed by atoms with Crippen molar-refractivity contribution in [3.05, 3.63) is 29.3 Å². The lowest BCUT2D eigenvalue weighted by atomic mass is 9.81. The lowest BCUT2D eigenvalue weighted by Gasteiger charge is -2.24. The molecule has 0 saturated heterocycles. The minimum Gasteiger partial charge on any atom is -0.494 e. The normalized spacial score (nSPS) is 11.4.